The molecule has 25 heavy (non-hydrogen) atoms. The van der Waals surface area contributed by atoms with Gasteiger partial charge in [0.1, 0.15) is 5.82 Å². The molecule has 3 aromatic rings. The summed E-state index contributed by atoms with van der Waals surface area (Å²) in [4.78, 5) is 4.34. The predicted octanol–water partition coefficient (Wildman–Crippen LogP) is 4.77. The second-order valence-corrected chi connectivity index (χ2v) is 6.48. The van der Waals surface area contributed by atoms with E-state index >= 15 is 0 Å². The first kappa shape index (κ1) is 17.1. The summed E-state index contributed by atoms with van der Waals surface area (Å²) in [7, 11) is 0. The van der Waals surface area contributed by atoms with Crippen LogP contribution in [-0.2, 0) is 0 Å². The molecule has 2 aromatic carbocycles. The maximum Gasteiger partial charge on any atom is 0.172 e. The Labute approximate surface area is 154 Å². The molecular weight excluding hydrogens is 326 g/mol. The van der Waals surface area contributed by atoms with Crippen LogP contribution in [0.15, 0.2) is 72.9 Å². The van der Waals surface area contributed by atoms with Crippen LogP contribution in [0.4, 0.5) is 5.82 Å². The van der Waals surface area contributed by atoms with Gasteiger partial charge in [0.25, 0.3) is 0 Å². The molecule has 0 amide bonds. The van der Waals surface area contributed by atoms with Crippen molar-refractivity contribution in [1.82, 2.24) is 10.3 Å². The van der Waals surface area contributed by atoms with Crippen LogP contribution >= 0.6 is 12.2 Å². The maximum absolute atomic E-state index is 5.51. The highest BCUT2D eigenvalue weighted by Crippen LogP contribution is 2.22. The van der Waals surface area contributed by atoms with Gasteiger partial charge < -0.3 is 10.6 Å². The summed E-state index contributed by atoms with van der Waals surface area (Å²) in [5.41, 5.74) is 4.68. The van der Waals surface area contributed by atoms with E-state index < -0.39 is 0 Å². The summed E-state index contributed by atoms with van der Waals surface area (Å²) >= 11 is 5.51. The van der Waals surface area contributed by atoms with Gasteiger partial charge in [-0.05, 0) is 48.8 Å². The van der Waals surface area contributed by atoms with Crippen LogP contribution in [0.25, 0.3) is 0 Å². The van der Waals surface area contributed by atoms with Crippen molar-refractivity contribution in [2.24, 2.45) is 0 Å². The summed E-state index contributed by atoms with van der Waals surface area (Å²) in [5, 5.41) is 7.12. The quantitative estimate of drug-likeness (QED) is 0.666. The van der Waals surface area contributed by atoms with E-state index in [4.69, 9.17) is 12.2 Å². The molecule has 0 saturated heterocycles. The van der Waals surface area contributed by atoms with Crippen LogP contribution in [0.3, 0.4) is 0 Å². The number of thiocarbonyl (C=S) groups is 1. The highest BCUT2D eigenvalue weighted by atomic mass is 32.1. The normalized spacial score (nSPS) is 11.6. The monoisotopic (exact) mass is 347 g/mol. The Bertz CT molecular complexity index is 827. The first-order chi connectivity index (χ1) is 12.1. The number of hydrogen-bond donors (Lipinski definition) is 2. The molecule has 4 heteroatoms. The lowest BCUT2D eigenvalue weighted by Crippen LogP contribution is -2.33. The molecule has 0 radical (unpaired) electrons. The lowest BCUT2D eigenvalue weighted by atomic mass is 9.98. The Balaban J connectivity index is 1.81. The Morgan fingerprint density at radius 3 is 2.12 bits per heavy atom. The van der Waals surface area contributed by atoms with E-state index in [1.807, 2.05) is 43.5 Å². The first-order valence-corrected chi connectivity index (χ1v) is 8.64. The highest BCUT2D eigenvalue weighted by molar-refractivity contribution is 7.80. The highest BCUT2D eigenvalue weighted by Gasteiger charge is 2.15. The van der Waals surface area contributed by atoms with Crippen LogP contribution in [0.1, 0.15) is 28.3 Å². The molecule has 1 heterocycles. The molecule has 0 bridgehead atoms. The number of anilines is 1. The van der Waals surface area contributed by atoms with Crippen molar-refractivity contribution in [1.29, 1.82) is 0 Å². The van der Waals surface area contributed by atoms with Gasteiger partial charge in [0.15, 0.2) is 5.11 Å². The molecule has 0 fully saturated rings. The van der Waals surface area contributed by atoms with Crippen LogP contribution < -0.4 is 10.6 Å². The van der Waals surface area contributed by atoms with Crippen LogP contribution in [0, 0.1) is 13.8 Å². The Hall–Kier alpha value is -2.72. The number of rotatable bonds is 4. The zero-order valence-electron chi connectivity index (χ0n) is 14.4. The molecule has 2 N–H and O–H groups in total. The summed E-state index contributed by atoms with van der Waals surface area (Å²) in [6.45, 7) is 4.10. The third-order valence-corrected chi connectivity index (χ3v) is 4.19. The minimum Gasteiger partial charge on any atom is -0.351 e. The lowest BCUT2D eigenvalue weighted by Gasteiger charge is -2.22. The fraction of sp³-hybridized carbons (Fsp3) is 0.143. The Morgan fingerprint density at radius 2 is 1.48 bits per heavy atom. The molecule has 3 rings (SSSR count). The predicted molar refractivity (Wildman–Crippen MR) is 108 cm³/mol. The largest absolute Gasteiger partial charge is 0.351 e. The van der Waals surface area contributed by atoms with Crippen molar-refractivity contribution in [3.05, 3.63) is 95.2 Å². The van der Waals surface area contributed by atoms with Gasteiger partial charge in [-0.1, -0.05) is 66.2 Å². The molecule has 0 aliphatic rings. The van der Waals surface area contributed by atoms with Crippen molar-refractivity contribution < 1.29 is 0 Å². The Morgan fingerprint density at radius 1 is 0.840 bits per heavy atom. The second kappa shape index (κ2) is 7.90. The van der Waals surface area contributed by atoms with Crippen LogP contribution in [0.2, 0.25) is 0 Å². The van der Waals surface area contributed by atoms with Gasteiger partial charge in [-0.3, -0.25) is 0 Å². The maximum atomic E-state index is 5.51. The second-order valence-electron chi connectivity index (χ2n) is 6.07. The number of pyridine rings is 1. The molecule has 126 valence electrons. The number of aromatic nitrogens is 1. The Kier molecular flexibility index (Phi) is 5.41. The van der Waals surface area contributed by atoms with E-state index in [1.54, 1.807) is 0 Å². The minimum absolute atomic E-state index is 0.0211. The average molecular weight is 347 g/mol. The molecule has 0 unspecified atom stereocenters. The van der Waals surface area contributed by atoms with Crippen molar-refractivity contribution in [2.75, 3.05) is 5.32 Å². The van der Waals surface area contributed by atoms with E-state index in [2.05, 4.69) is 58.9 Å². The van der Waals surface area contributed by atoms with Gasteiger partial charge in [-0.15, -0.1) is 0 Å². The van der Waals surface area contributed by atoms with Crippen molar-refractivity contribution >= 4 is 23.1 Å². The van der Waals surface area contributed by atoms with Crippen molar-refractivity contribution in [3.63, 3.8) is 0 Å². The standard InChI is InChI=1S/C21H21N3S/c1-15-8-11-18(12-9-15)20(17-6-4-3-5-7-17)24-21(25)23-19-13-10-16(2)14-22-19/h3-14,20H,1-2H3,(H2,22,23,24,25)/t20-/m1/s1. The number of aryl methyl sites for hydroxylation is 2. The first-order valence-electron chi connectivity index (χ1n) is 8.23. The van der Waals surface area contributed by atoms with Crippen molar-refractivity contribution in [3.8, 4) is 0 Å². The van der Waals surface area contributed by atoms with Crippen molar-refractivity contribution in [2.45, 2.75) is 19.9 Å². The molecule has 1 aromatic heterocycles. The smallest absolute Gasteiger partial charge is 0.172 e. The summed E-state index contributed by atoms with van der Waals surface area (Å²) in [6.07, 6.45) is 1.82. The number of hydrogen-bond acceptors (Lipinski definition) is 2. The summed E-state index contributed by atoms with van der Waals surface area (Å²) in [5.74, 6) is 0.735. The number of benzene rings is 2. The van der Waals surface area contributed by atoms with Gasteiger partial charge in [-0.2, -0.15) is 0 Å². The molecule has 3 nitrogen and oxygen atoms in total. The zero-order chi connectivity index (χ0) is 17.6. The molecule has 0 aliphatic heterocycles. The van der Waals surface area contributed by atoms with Crippen LogP contribution in [-0.4, -0.2) is 10.1 Å². The van der Waals surface area contributed by atoms with E-state index in [-0.39, 0.29) is 6.04 Å². The minimum atomic E-state index is -0.0211. The van der Waals surface area contributed by atoms with E-state index in [0.29, 0.717) is 5.11 Å². The molecule has 0 saturated carbocycles. The fourth-order valence-corrected chi connectivity index (χ4v) is 2.81. The van der Waals surface area contributed by atoms with Gasteiger partial charge >= 0.3 is 0 Å². The molecular formula is C21H21N3S. The zero-order valence-corrected chi connectivity index (χ0v) is 15.2. The fourth-order valence-electron chi connectivity index (χ4n) is 2.59. The molecule has 1 atom stereocenters. The number of nitrogens with one attached hydrogen (secondary N) is 2. The van der Waals surface area contributed by atoms with E-state index in [9.17, 15) is 0 Å². The topological polar surface area (TPSA) is 37.0 Å². The summed E-state index contributed by atoms with van der Waals surface area (Å²) < 4.78 is 0. The summed E-state index contributed by atoms with van der Waals surface area (Å²) in [6, 6.07) is 22.7. The number of nitrogens with zero attached hydrogens (tertiary/aromatic N) is 1. The van der Waals surface area contributed by atoms with Crippen LogP contribution in [0.5, 0.6) is 0 Å². The average Bonchev–Trinajstić information content (AvgIpc) is 2.63. The van der Waals surface area contributed by atoms with Gasteiger partial charge in [0.2, 0.25) is 0 Å². The molecule has 0 aliphatic carbocycles. The molecule has 0 spiro atoms. The van der Waals surface area contributed by atoms with Gasteiger partial charge in [-0.25, -0.2) is 4.98 Å². The van der Waals surface area contributed by atoms with Gasteiger partial charge in [0, 0.05) is 6.20 Å². The van der Waals surface area contributed by atoms with E-state index in [1.165, 1.54) is 5.56 Å². The SMILES string of the molecule is Cc1ccc([C@H](NC(=S)Nc2ccc(C)cn2)c2ccccc2)cc1. The third-order valence-electron chi connectivity index (χ3n) is 3.97. The van der Waals surface area contributed by atoms with Gasteiger partial charge in [0.05, 0.1) is 6.04 Å². The van der Waals surface area contributed by atoms with E-state index in [0.717, 1.165) is 22.5 Å². The third kappa shape index (κ3) is 4.64. The lowest BCUT2D eigenvalue weighted by molar-refractivity contribution is 0.768.